The third kappa shape index (κ3) is 4.71. The molecule has 0 heterocycles. The Kier molecular flexibility index (Phi) is 5.28. The number of carbonyl (C=O) groups excluding carboxylic acids is 1. The van der Waals surface area contributed by atoms with Crippen LogP contribution >= 0.6 is 0 Å². The van der Waals surface area contributed by atoms with Gasteiger partial charge in [-0.3, -0.25) is 4.79 Å². The second kappa shape index (κ2) is 7.02. The Morgan fingerprint density at radius 1 is 1.09 bits per heavy atom. The average Bonchev–Trinajstić information content (AvgIpc) is 2.47. The van der Waals surface area contributed by atoms with Crippen LogP contribution in [0.4, 0.5) is 4.39 Å². The Bertz CT molecular complexity index is 784. The number of ketones is 1. The Labute approximate surface area is 135 Å². The SMILES string of the molecule is Cc1ccc(S(=O)(=O)NC(C)CC(=O)c2ccc(F)cc2)cc1. The molecule has 4 nitrogen and oxygen atoms in total. The molecule has 0 bridgehead atoms. The van der Waals surface area contributed by atoms with E-state index in [0.717, 1.165) is 5.56 Å². The van der Waals surface area contributed by atoms with Gasteiger partial charge in [0.15, 0.2) is 5.78 Å². The number of carbonyl (C=O) groups is 1. The van der Waals surface area contributed by atoms with Crippen molar-refractivity contribution < 1.29 is 17.6 Å². The van der Waals surface area contributed by atoms with Gasteiger partial charge in [-0.25, -0.2) is 17.5 Å². The van der Waals surface area contributed by atoms with Crippen molar-refractivity contribution in [3.8, 4) is 0 Å². The third-order valence-electron chi connectivity index (χ3n) is 3.35. The molecular weight excluding hydrogens is 317 g/mol. The molecule has 1 atom stereocenters. The number of benzene rings is 2. The second-order valence-corrected chi connectivity index (χ2v) is 7.18. The van der Waals surface area contributed by atoms with Gasteiger partial charge in [-0.05, 0) is 50.2 Å². The van der Waals surface area contributed by atoms with Crippen LogP contribution in [0.15, 0.2) is 53.4 Å². The molecule has 6 heteroatoms. The molecule has 0 fully saturated rings. The van der Waals surface area contributed by atoms with Crippen molar-refractivity contribution >= 4 is 15.8 Å². The quantitative estimate of drug-likeness (QED) is 0.825. The summed E-state index contributed by atoms with van der Waals surface area (Å²) in [6, 6.07) is 11.1. The summed E-state index contributed by atoms with van der Waals surface area (Å²) in [6.45, 7) is 3.49. The summed E-state index contributed by atoms with van der Waals surface area (Å²) in [6.07, 6.45) is -0.00325. The highest BCUT2D eigenvalue weighted by atomic mass is 32.2. The Balaban J connectivity index is 2.03. The largest absolute Gasteiger partial charge is 0.294 e. The summed E-state index contributed by atoms with van der Waals surface area (Å²) in [5.41, 5.74) is 1.32. The number of rotatable bonds is 6. The zero-order chi connectivity index (χ0) is 17.0. The van der Waals surface area contributed by atoms with Gasteiger partial charge in [-0.1, -0.05) is 17.7 Å². The lowest BCUT2D eigenvalue weighted by Crippen LogP contribution is -2.34. The number of Topliss-reactive ketones (excluding diaryl/α,β-unsaturated/α-hetero) is 1. The van der Waals surface area contributed by atoms with Gasteiger partial charge < -0.3 is 0 Å². The molecule has 0 saturated heterocycles. The number of hydrogen-bond donors (Lipinski definition) is 1. The van der Waals surface area contributed by atoms with Gasteiger partial charge in [0.05, 0.1) is 4.90 Å². The van der Waals surface area contributed by atoms with Crippen molar-refractivity contribution in [2.75, 3.05) is 0 Å². The summed E-state index contributed by atoms with van der Waals surface area (Å²) >= 11 is 0. The van der Waals surface area contributed by atoms with E-state index in [1.54, 1.807) is 19.1 Å². The number of halogens is 1. The third-order valence-corrected chi connectivity index (χ3v) is 4.95. The summed E-state index contributed by atoms with van der Waals surface area (Å²) in [7, 11) is -3.67. The number of aryl methyl sites for hydroxylation is 1. The number of sulfonamides is 1. The van der Waals surface area contributed by atoms with Crippen LogP contribution < -0.4 is 4.72 Å². The molecule has 0 saturated carbocycles. The first-order valence-corrected chi connectivity index (χ1v) is 8.64. The number of hydrogen-bond acceptors (Lipinski definition) is 3. The minimum Gasteiger partial charge on any atom is -0.294 e. The molecule has 2 aromatic carbocycles. The van der Waals surface area contributed by atoms with Gasteiger partial charge >= 0.3 is 0 Å². The van der Waals surface area contributed by atoms with E-state index in [2.05, 4.69) is 4.72 Å². The highest BCUT2D eigenvalue weighted by Crippen LogP contribution is 2.13. The molecule has 0 aromatic heterocycles. The fourth-order valence-corrected chi connectivity index (χ4v) is 3.37. The van der Waals surface area contributed by atoms with E-state index in [1.807, 2.05) is 6.92 Å². The lowest BCUT2D eigenvalue weighted by atomic mass is 10.1. The topological polar surface area (TPSA) is 63.2 Å². The molecule has 0 radical (unpaired) electrons. The smallest absolute Gasteiger partial charge is 0.240 e. The van der Waals surface area contributed by atoms with Crippen molar-refractivity contribution in [3.63, 3.8) is 0 Å². The molecule has 2 aromatic rings. The van der Waals surface area contributed by atoms with E-state index in [1.165, 1.54) is 36.4 Å². The van der Waals surface area contributed by atoms with Crippen LogP contribution in [0.3, 0.4) is 0 Å². The molecule has 0 aliphatic heterocycles. The first-order chi connectivity index (χ1) is 10.8. The predicted molar refractivity (Wildman–Crippen MR) is 86.3 cm³/mol. The Morgan fingerprint density at radius 2 is 1.65 bits per heavy atom. The molecule has 1 unspecified atom stereocenters. The monoisotopic (exact) mass is 335 g/mol. The summed E-state index contributed by atoms with van der Waals surface area (Å²) in [4.78, 5) is 12.2. The van der Waals surface area contributed by atoms with Gasteiger partial charge in [0.25, 0.3) is 0 Å². The summed E-state index contributed by atoms with van der Waals surface area (Å²) in [5.74, 6) is -0.668. The van der Waals surface area contributed by atoms with Crippen LogP contribution in [-0.4, -0.2) is 20.2 Å². The van der Waals surface area contributed by atoms with E-state index in [-0.39, 0.29) is 17.1 Å². The van der Waals surface area contributed by atoms with Gasteiger partial charge in [-0.15, -0.1) is 0 Å². The van der Waals surface area contributed by atoms with E-state index >= 15 is 0 Å². The average molecular weight is 335 g/mol. The molecule has 0 aliphatic rings. The minimum absolute atomic E-state index is 0.00325. The standard InChI is InChI=1S/C17H18FNO3S/c1-12-3-9-16(10-4-12)23(21,22)19-13(2)11-17(20)14-5-7-15(18)8-6-14/h3-10,13,19H,11H2,1-2H3. The highest BCUT2D eigenvalue weighted by Gasteiger charge is 2.19. The molecule has 0 aliphatic carbocycles. The maximum atomic E-state index is 12.8. The molecule has 23 heavy (non-hydrogen) atoms. The van der Waals surface area contributed by atoms with Crippen LogP contribution in [0.1, 0.15) is 29.3 Å². The first-order valence-electron chi connectivity index (χ1n) is 7.16. The van der Waals surface area contributed by atoms with E-state index < -0.39 is 21.9 Å². The van der Waals surface area contributed by atoms with Crippen LogP contribution in [-0.2, 0) is 10.0 Å². The minimum atomic E-state index is -3.67. The van der Waals surface area contributed by atoms with E-state index in [0.29, 0.717) is 5.56 Å². The lowest BCUT2D eigenvalue weighted by molar-refractivity contribution is 0.0975. The van der Waals surface area contributed by atoms with Crippen LogP contribution in [0, 0.1) is 12.7 Å². The molecular formula is C17H18FNO3S. The van der Waals surface area contributed by atoms with Crippen molar-refractivity contribution in [3.05, 3.63) is 65.5 Å². The van der Waals surface area contributed by atoms with Gasteiger partial charge in [0, 0.05) is 18.0 Å². The maximum absolute atomic E-state index is 12.8. The molecule has 0 amide bonds. The predicted octanol–water partition coefficient (Wildman–Crippen LogP) is 3.07. The maximum Gasteiger partial charge on any atom is 0.240 e. The molecule has 122 valence electrons. The van der Waals surface area contributed by atoms with Gasteiger partial charge in [0.2, 0.25) is 10.0 Å². The Hall–Kier alpha value is -2.05. The fourth-order valence-electron chi connectivity index (χ4n) is 2.12. The van der Waals surface area contributed by atoms with Crippen LogP contribution in [0.25, 0.3) is 0 Å². The zero-order valence-electron chi connectivity index (χ0n) is 12.9. The fraction of sp³-hybridized carbons (Fsp3) is 0.235. The second-order valence-electron chi connectivity index (χ2n) is 5.47. The zero-order valence-corrected chi connectivity index (χ0v) is 13.7. The van der Waals surface area contributed by atoms with Crippen molar-refractivity contribution in [1.29, 1.82) is 0 Å². The first kappa shape index (κ1) is 17.3. The van der Waals surface area contributed by atoms with E-state index in [4.69, 9.17) is 0 Å². The van der Waals surface area contributed by atoms with Crippen LogP contribution in [0.2, 0.25) is 0 Å². The van der Waals surface area contributed by atoms with Crippen molar-refractivity contribution in [2.45, 2.75) is 31.2 Å². The van der Waals surface area contributed by atoms with Gasteiger partial charge in [0.1, 0.15) is 5.82 Å². The molecule has 1 N–H and O–H groups in total. The van der Waals surface area contributed by atoms with Gasteiger partial charge in [-0.2, -0.15) is 0 Å². The van der Waals surface area contributed by atoms with Crippen molar-refractivity contribution in [1.82, 2.24) is 4.72 Å². The lowest BCUT2D eigenvalue weighted by Gasteiger charge is -2.14. The molecule has 2 rings (SSSR count). The highest BCUT2D eigenvalue weighted by molar-refractivity contribution is 7.89. The van der Waals surface area contributed by atoms with E-state index in [9.17, 15) is 17.6 Å². The summed E-state index contributed by atoms with van der Waals surface area (Å²) in [5, 5.41) is 0. The summed E-state index contributed by atoms with van der Waals surface area (Å²) < 4.78 is 39.8. The molecule has 0 spiro atoms. The van der Waals surface area contributed by atoms with Crippen LogP contribution in [0.5, 0.6) is 0 Å². The van der Waals surface area contributed by atoms with Crippen molar-refractivity contribution in [2.24, 2.45) is 0 Å². The normalized spacial score (nSPS) is 12.8. The number of nitrogens with one attached hydrogen (secondary N) is 1. The Morgan fingerprint density at radius 3 is 2.22 bits per heavy atom.